The first-order valence-electron chi connectivity index (χ1n) is 4.25. The molecule has 17 heavy (non-hydrogen) atoms. The van der Waals surface area contributed by atoms with Crippen LogP contribution in [0.5, 0.6) is 0 Å². The van der Waals surface area contributed by atoms with Crippen molar-refractivity contribution in [2.75, 3.05) is 6.26 Å². The van der Waals surface area contributed by atoms with Gasteiger partial charge in [0.05, 0.1) is 9.82 Å². The molecule has 0 heterocycles. The number of nitro benzene ring substituents is 1. The lowest BCUT2D eigenvalue weighted by Crippen LogP contribution is -2.00. The van der Waals surface area contributed by atoms with Crippen molar-refractivity contribution in [2.45, 2.75) is 4.90 Å². The number of rotatable bonds is 2. The summed E-state index contributed by atoms with van der Waals surface area (Å²) in [5, 5.41) is 19.0. The van der Waals surface area contributed by atoms with Crippen LogP contribution < -0.4 is 0 Å². The minimum Gasteiger partial charge on any atom is -0.258 e. The van der Waals surface area contributed by atoms with Crippen molar-refractivity contribution in [3.05, 3.63) is 33.9 Å². The molecule has 0 aliphatic carbocycles. The van der Waals surface area contributed by atoms with Crippen LogP contribution in [0.1, 0.15) is 5.56 Å². The lowest BCUT2D eigenvalue weighted by Gasteiger charge is -1.99. The van der Waals surface area contributed by atoms with Gasteiger partial charge in [0.15, 0.2) is 15.9 Å². The topological polar surface area (TPSA) is 101 Å². The molecule has 0 aromatic heterocycles. The van der Waals surface area contributed by atoms with Crippen LogP contribution in [0.2, 0.25) is 0 Å². The Hall–Kier alpha value is -2.38. The molecule has 1 aromatic carbocycles. The summed E-state index contributed by atoms with van der Waals surface area (Å²) in [6.07, 6.45) is 0.951. The fourth-order valence-electron chi connectivity index (χ4n) is 1.09. The van der Waals surface area contributed by atoms with Crippen molar-refractivity contribution < 1.29 is 13.3 Å². The van der Waals surface area contributed by atoms with Crippen LogP contribution in [0, 0.1) is 33.3 Å². The van der Waals surface area contributed by atoms with Gasteiger partial charge in [-0.2, -0.15) is 5.26 Å². The largest absolute Gasteiger partial charge is 0.286 e. The summed E-state index contributed by atoms with van der Waals surface area (Å²) in [5.74, 6) is 4.30. The van der Waals surface area contributed by atoms with Crippen molar-refractivity contribution in [1.29, 1.82) is 5.26 Å². The third-order valence-corrected chi connectivity index (χ3v) is 2.96. The fraction of sp³-hybridized carbons (Fsp3) is 0.100. The second-order valence-corrected chi connectivity index (χ2v) is 5.09. The van der Waals surface area contributed by atoms with E-state index in [-0.39, 0.29) is 10.5 Å². The third-order valence-electron chi connectivity index (χ3n) is 1.85. The van der Waals surface area contributed by atoms with Crippen molar-refractivity contribution >= 4 is 15.5 Å². The number of sulfone groups is 1. The van der Waals surface area contributed by atoms with E-state index in [0.717, 1.165) is 12.3 Å². The third kappa shape index (κ3) is 3.03. The molecular formula is C10H6N2O4S. The van der Waals surface area contributed by atoms with Gasteiger partial charge in [0, 0.05) is 18.2 Å². The molecule has 0 atom stereocenters. The van der Waals surface area contributed by atoms with E-state index in [1.54, 1.807) is 0 Å². The molecule has 0 aliphatic rings. The first-order valence-corrected chi connectivity index (χ1v) is 6.14. The maximum atomic E-state index is 11.2. The molecule has 0 saturated carbocycles. The van der Waals surface area contributed by atoms with Gasteiger partial charge in [0.1, 0.15) is 5.56 Å². The predicted octanol–water partition coefficient (Wildman–Crippen LogP) is 0.873. The van der Waals surface area contributed by atoms with Gasteiger partial charge in [-0.15, -0.1) is 0 Å². The van der Waals surface area contributed by atoms with Gasteiger partial charge in [-0.05, 0) is 18.1 Å². The van der Waals surface area contributed by atoms with Crippen LogP contribution in [-0.4, -0.2) is 19.6 Å². The molecule has 0 fully saturated rings. The van der Waals surface area contributed by atoms with Gasteiger partial charge in [-0.25, -0.2) is 8.42 Å². The standard InChI is InChI=1S/C10H6N2O4S/c1-17(15,16)9-5-4-8(3-2-6-11)10(7-9)12(13)14/h4-5,7H,1H3. The number of hydrogen-bond acceptors (Lipinski definition) is 5. The molecule has 6 nitrogen and oxygen atoms in total. The molecule has 86 valence electrons. The molecule has 0 saturated heterocycles. The second-order valence-electron chi connectivity index (χ2n) is 3.07. The highest BCUT2D eigenvalue weighted by Crippen LogP contribution is 2.22. The summed E-state index contributed by atoms with van der Waals surface area (Å²) in [5.41, 5.74) is -0.431. The Morgan fingerprint density at radius 2 is 2.06 bits per heavy atom. The Balaban J connectivity index is 3.49. The molecule has 0 amide bonds. The molecule has 0 aliphatic heterocycles. The van der Waals surface area contributed by atoms with Gasteiger partial charge in [-0.3, -0.25) is 10.1 Å². The molecule has 1 rings (SSSR count). The number of nitriles is 1. The predicted molar refractivity (Wildman–Crippen MR) is 58.7 cm³/mol. The lowest BCUT2D eigenvalue weighted by atomic mass is 10.2. The Kier molecular flexibility index (Phi) is 3.46. The Labute approximate surface area is 97.6 Å². The van der Waals surface area contributed by atoms with Gasteiger partial charge in [0.25, 0.3) is 5.69 Å². The van der Waals surface area contributed by atoms with E-state index < -0.39 is 20.4 Å². The summed E-state index contributed by atoms with van der Waals surface area (Å²) in [6, 6.07) is 4.87. The van der Waals surface area contributed by atoms with E-state index in [9.17, 15) is 18.5 Å². The van der Waals surface area contributed by atoms with Gasteiger partial charge in [-0.1, -0.05) is 0 Å². The van der Waals surface area contributed by atoms with E-state index in [2.05, 4.69) is 5.92 Å². The van der Waals surface area contributed by atoms with Gasteiger partial charge < -0.3 is 0 Å². The number of hydrogen-bond donors (Lipinski definition) is 0. The maximum absolute atomic E-state index is 11.2. The van der Waals surface area contributed by atoms with E-state index in [1.165, 1.54) is 18.2 Å². The lowest BCUT2D eigenvalue weighted by molar-refractivity contribution is -0.385. The van der Waals surface area contributed by atoms with E-state index >= 15 is 0 Å². The van der Waals surface area contributed by atoms with E-state index in [0.29, 0.717) is 0 Å². The Morgan fingerprint density at radius 1 is 1.41 bits per heavy atom. The molecule has 7 heteroatoms. The summed E-state index contributed by atoms with van der Waals surface area (Å²) in [4.78, 5) is 9.82. The Morgan fingerprint density at radius 3 is 2.53 bits per heavy atom. The Bertz CT molecular complexity index is 674. The zero-order chi connectivity index (χ0) is 13.1. The minimum atomic E-state index is -3.51. The highest BCUT2D eigenvalue weighted by Gasteiger charge is 2.17. The van der Waals surface area contributed by atoms with Gasteiger partial charge in [0.2, 0.25) is 0 Å². The summed E-state index contributed by atoms with van der Waals surface area (Å²) in [7, 11) is -3.51. The van der Waals surface area contributed by atoms with Crippen LogP contribution in [0.25, 0.3) is 0 Å². The van der Waals surface area contributed by atoms with Crippen molar-refractivity contribution in [3.63, 3.8) is 0 Å². The highest BCUT2D eigenvalue weighted by molar-refractivity contribution is 7.90. The maximum Gasteiger partial charge on any atom is 0.286 e. The number of nitrogens with zero attached hydrogens (tertiary/aromatic N) is 2. The highest BCUT2D eigenvalue weighted by atomic mass is 32.2. The molecule has 0 spiro atoms. The monoisotopic (exact) mass is 250 g/mol. The fourth-order valence-corrected chi connectivity index (χ4v) is 1.74. The number of benzene rings is 1. The average molecular weight is 250 g/mol. The van der Waals surface area contributed by atoms with Crippen LogP contribution in [-0.2, 0) is 9.84 Å². The second kappa shape index (κ2) is 4.64. The first kappa shape index (κ1) is 12.7. The summed E-state index contributed by atoms with van der Waals surface area (Å²) < 4.78 is 22.4. The molecule has 0 radical (unpaired) electrons. The van der Waals surface area contributed by atoms with Gasteiger partial charge >= 0.3 is 0 Å². The number of nitro groups is 1. The minimum absolute atomic E-state index is 0.00366. The van der Waals surface area contributed by atoms with E-state index in [4.69, 9.17) is 5.26 Å². The SMILES string of the molecule is CS(=O)(=O)c1ccc(C#CC#N)c([N+](=O)[O-])c1. The average Bonchev–Trinajstić information content (AvgIpc) is 2.24. The smallest absolute Gasteiger partial charge is 0.258 e. The van der Waals surface area contributed by atoms with Crippen LogP contribution >= 0.6 is 0 Å². The zero-order valence-corrected chi connectivity index (χ0v) is 9.48. The van der Waals surface area contributed by atoms with Crippen molar-refractivity contribution in [3.8, 4) is 17.9 Å². The molecule has 0 unspecified atom stereocenters. The molecule has 0 bridgehead atoms. The summed E-state index contributed by atoms with van der Waals surface area (Å²) >= 11 is 0. The van der Waals surface area contributed by atoms with Crippen molar-refractivity contribution in [2.24, 2.45) is 0 Å². The zero-order valence-electron chi connectivity index (χ0n) is 8.67. The van der Waals surface area contributed by atoms with Crippen LogP contribution in [0.3, 0.4) is 0 Å². The quantitative estimate of drug-likeness (QED) is 0.440. The molecular weight excluding hydrogens is 244 g/mol. The van der Waals surface area contributed by atoms with E-state index in [1.807, 2.05) is 5.92 Å². The molecule has 0 N–H and O–H groups in total. The normalized spacial score (nSPS) is 9.88. The first-order chi connectivity index (χ1) is 7.86. The summed E-state index contributed by atoms with van der Waals surface area (Å²) in [6.45, 7) is 0. The van der Waals surface area contributed by atoms with Crippen LogP contribution in [0.4, 0.5) is 5.69 Å². The van der Waals surface area contributed by atoms with Crippen LogP contribution in [0.15, 0.2) is 23.1 Å². The van der Waals surface area contributed by atoms with Crippen molar-refractivity contribution in [1.82, 2.24) is 0 Å². The molecule has 1 aromatic rings.